The van der Waals surface area contributed by atoms with Crippen molar-refractivity contribution in [2.45, 2.75) is 51.9 Å². The van der Waals surface area contributed by atoms with Gasteiger partial charge in [-0.3, -0.25) is 8.42 Å². The second-order valence-electron chi connectivity index (χ2n) is 5.30. The molecule has 0 spiro atoms. The van der Waals surface area contributed by atoms with Crippen molar-refractivity contribution >= 4 is 10.4 Å². The molecular formula is C17H28Na2O6S. The predicted octanol–water partition coefficient (Wildman–Crippen LogP) is -2.50. The molecule has 6 nitrogen and oxygen atoms in total. The second-order valence-corrected chi connectivity index (χ2v) is 6.12. The average Bonchev–Trinajstić information content (AvgIpc) is 3.38. The number of hydrogen-bond donors (Lipinski definition) is 0. The number of rotatable bonds is 9. The molecule has 1 saturated heterocycles. The van der Waals surface area contributed by atoms with Crippen LogP contribution in [-0.4, -0.2) is 37.3 Å². The number of para-hydroxylation sites is 1. The monoisotopic (exact) mass is 406 g/mol. The number of epoxide rings is 1. The molecule has 1 aliphatic rings. The number of benzene rings is 1. The summed E-state index contributed by atoms with van der Waals surface area (Å²) < 4.78 is 44.2. The van der Waals surface area contributed by atoms with Crippen LogP contribution >= 0.6 is 0 Å². The topological polar surface area (TPSA) is 102 Å². The SMILES string of the molecule is C1CO1.CCCCCCCCCOc1ccccc1.O=S(=O)([O-])[O-].[Na+].[Na+]. The third kappa shape index (κ3) is 35.9. The van der Waals surface area contributed by atoms with Gasteiger partial charge >= 0.3 is 59.1 Å². The van der Waals surface area contributed by atoms with Gasteiger partial charge in [0.1, 0.15) is 5.75 Å². The minimum Gasteiger partial charge on any atom is -0.759 e. The smallest absolute Gasteiger partial charge is 0.759 e. The van der Waals surface area contributed by atoms with E-state index >= 15 is 0 Å². The Bertz CT molecular complexity index is 473. The van der Waals surface area contributed by atoms with E-state index in [1.165, 1.54) is 44.9 Å². The van der Waals surface area contributed by atoms with Gasteiger partial charge < -0.3 is 18.6 Å². The van der Waals surface area contributed by atoms with E-state index in [4.69, 9.17) is 22.3 Å². The summed E-state index contributed by atoms with van der Waals surface area (Å²) in [6.07, 6.45) is 9.35. The standard InChI is InChI=1S/C15H24O.C2H4O.2Na.H2O4S/c1-2-3-4-5-6-7-11-14-16-15-12-9-8-10-13-15;1-2-3-1;;;1-5(2,3)4/h8-10,12-13H,2-7,11,14H2,1H3;1-2H2;;;(H2,1,2,3,4)/q;;2*+1;/p-2. The molecular weight excluding hydrogens is 378 g/mol. The van der Waals surface area contributed by atoms with Gasteiger partial charge in [-0.05, 0) is 18.6 Å². The van der Waals surface area contributed by atoms with E-state index in [-0.39, 0.29) is 59.1 Å². The Hall–Kier alpha value is 0.850. The number of unbranched alkanes of at least 4 members (excludes halogenated alkanes) is 6. The molecule has 9 heteroatoms. The molecule has 0 radical (unpaired) electrons. The summed E-state index contributed by atoms with van der Waals surface area (Å²) in [5.74, 6) is 0.994. The first-order chi connectivity index (χ1) is 11.4. The van der Waals surface area contributed by atoms with Crippen molar-refractivity contribution < 1.29 is 86.1 Å². The maximum absolute atomic E-state index is 8.52. The molecule has 1 aromatic rings. The minimum absolute atomic E-state index is 0. The van der Waals surface area contributed by atoms with Crippen LogP contribution in [0.4, 0.5) is 0 Å². The Balaban J connectivity index is -0.000000442. The molecule has 0 aromatic heterocycles. The van der Waals surface area contributed by atoms with E-state index in [1.807, 2.05) is 30.3 Å². The first-order valence-corrected chi connectivity index (χ1v) is 9.69. The van der Waals surface area contributed by atoms with Gasteiger partial charge in [0.15, 0.2) is 0 Å². The quantitative estimate of drug-likeness (QED) is 0.148. The van der Waals surface area contributed by atoms with Gasteiger partial charge in [0, 0.05) is 10.4 Å². The molecule has 1 aromatic carbocycles. The van der Waals surface area contributed by atoms with E-state index < -0.39 is 10.4 Å². The zero-order valence-electron chi connectivity index (χ0n) is 16.3. The van der Waals surface area contributed by atoms with E-state index in [0.29, 0.717) is 0 Å². The summed E-state index contributed by atoms with van der Waals surface area (Å²) in [5.41, 5.74) is 0. The van der Waals surface area contributed by atoms with Crippen LogP contribution in [0.2, 0.25) is 0 Å². The Morgan fingerprint density at radius 1 is 0.923 bits per heavy atom. The summed E-state index contributed by atoms with van der Waals surface area (Å²) in [6.45, 7) is 5.12. The molecule has 140 valence electrons. The summed E-state index contributed by atoms with van der Waals surface area (Å²) in [4.78, 5) is 0. The number of ether oxygens (including phenoxy) is 2. The van der Waals surface area contributed by atoms with Crippen molar-refractivity contribution in [2.24, 2.45) is 0 Å². The van der Waals surface area contributed by atoms with Gasteiger partial charge in [-0.1, -0.05) is 63.6 Å². The average molecular weight is 406 g/mol. The van der Waals surface area contributed by atoms with Gasteiger partial charge in [0.05, 0.1) is 19.8 Å². The molecule has 0 N–H and O–H groups in total. The van der Waals surface area contributed by atoms with Gasteiger partial charge in [0.25, 0.3) is 0 Å². The summed E-state index contributed by atoms with van der Waals surface area (Å²) in [6, 6.07) is 10.1. The van der Waals surface area contributed by atoms with Gasteiger partial charge in [-0.25, -0.2) is 0 Å². The van der Waals surface area contributed by atoms with E-state index in [1.54, 1.807) is 0 Å². The molecule has 0 amide bonds. The largest absolute Gasteiger partial charge is 1.00 e. The zero-order valence-corrected chi connectivity index (χ0v) is 21.1. The third-order valence-electron chi connectivity index (χ3n) is 2.96. The van der Waals surface area contributed by atoms with Crippen LogP contribution in [0.5, 0.6) is 5.75 Å². The molecule has 0 atom stereocenters. The van der Waals surface area contributed by atoms with E-state index in [2.05, 4.69) is 11.7 Å². The van der Waals surface area contributed by atoms with Crippen LogP contribution in [0.1, 0.15) is 51.9 Å². The molecule has 0 saturated carbocycles. The maximum Gasteiger partial charge on any atom is 1.00 e. The Labute approximate surface area is 202 Å². The minimum atomic E-state index is -5.17. The van der Waals surface area contributed by atoms with Crippen LogP contribution in [0.25, 0.3) is 0 Å². The second kappa shape index (κ2) is 22.1. The third-order valence-corrected chi connectivity index (χ3v) is 2.96. The molecule has 0 aliphatic carbocycles. The first kappa shape index (κ1) is 31.5. The van der Waals surface area contributed by atoms with Crippen LogP contribution in [0, 0.1) is 0 Å². The van der Waals surface area contributed by atoms with Crippen molar-refractivity contribution in [3.63, 3.8) is 0 Å². The normalized spacial score (nSPS) is 11.3. The van der Waals surface area contributed by atoms with Crippen LogP contribution < -0.4 is 63.9 Å². The first-order valence-electron chi connectivity index (χ1n) is 8.35. The molecule has 0 unspecified atom stereocenters. The molecule has 2 rings (SSSR count). The fourth-order valence-corrected chi connectivity index (χ4v) is 1.77. The van der Waals surface area contributed by atoms with Crippen molar-refractivity contribution in [3.8, 4) is 5.75 Å². The van der Waals surface area contributed by atoms with E-state index in [0.717, 1.165) is 25.6 Å². The molecule has 26 heavy (non-hydrogen) atoms. The summed E-state index contributed by atoms with van der Waals surface area (Å²) >= 11 is 0. The van der Waals surface area contributed by atoms with Crippen LogP contribution in [0.15, 0.2) is 30.3 Å². The van der Waals surface area contributed by atoms with Crippen LogP contribution in [-0.2, 0) is 15.1 Å². The fraction of sp³-hybridized carbons (Fsp3) is 0.647. The number of hydrogen-bond acceptors (Lipinski definition) is 6. The Morgan fingerprint density at radius 3 is 1.77 bits per heavy atom. The van der Waals surface area contributed by atoms with Crippen molar-refractivity contribution in [1.82, 2.24) is 0 Å². The van der Waals surface area contributed by atoms with Gasteiger partial charge in [-0.15, -0.1) is 0 Å². The van der Waals surface area contributed by atoms with Crippen LogP contribution in [0.3, 0.4) is 0 Å². The molecule has 1 fully saturated rings. The van der Waals surface area contributed by atoms with Crippen molar-refractivity contribution in [2.75, 3.05) is 19.8 Å². The van der Waals surface area contributed by atoms with E-state index in [9.17, 15) is 0 Å². The predicted molar refractivity (Wildman–Crippen MR) is 91.2 cm³/mol. The van der Waals surface area contributed by atoms with Gasteiger partial charge in [0.2, 0.25) is 0 Å². The molecule has 1 aliphatic heterocycles. The summed E-state index contributed by atoms with van der Waals surface area (Å²) in [5, 5.41) is 0. The van der Waals surface area contributed by atoms with Crippen molar-refractivity contribution in [3.05, 3.63) is 30.3 Å². The summed E-state index contributed by atoms with van der Waals surface area (Å²) in [7, 11) is -5.17. The zero-order chi connectivity index (χ0) is 18.1. The maximum atomic E-state index is 8.52. The molecule has 1 heterocycles. The molecule has 0 bridgehead atoms. The fourth-order valence-electron chi connectivity index (χ4n) is 1.77. The Morgan fingerprint density at radius 2 is 1.35 bits per heavy atom. The van der Waals surface area contributed by atoms with Crippen molar-refractivity contribution in [1.29, 1.82) is 0 Å². The van der Waals surface area contributed by atoms with Gasteiger partial charge in [-0.2, -0.15) is 0 Å². The Kier molecular flexibility index (Phi) is 26.9.